The number of nitriles is 2. The second kappa shape index (κ2) is 3.83. The molecule has 0 atom stereocenters. The van der Waals surface area contributed by atoms with Gasteiger partial charge in [-0.05, 0) is 25.0 Å². The lowest BCUT2D eigenvalue weighted by molar-refractivity contribution is 0.423. The van der Waals surface area contributed by atoms with Crippen LogP contribution < -0.4 is 5.56 Å². The summed E-state index contributed by atoms with van der Waals surface area (Å²) in [4.78, 5) is 11.8. The lowest BCUT2D eigenvalue weighted by Crippen LogP contribution is -2.25. The van der Waals surface area contributed by atoms with Crippen molar-refractivity contribution < 1.29 is 0 Å². The van der Waals surface area contributed by atoms with E-state index in [9.17, 15) is 4.79 Å². The van der Waals surface area contributed by atoms with Gasteiger partial charge in [0.25, 0.3) is 5.56 Å². The van der Waals surface area contributed by atoms with Gasteiger partial charge in [-0.3, -0.25) is 4.79 Å². The molecule has 0 saturated heterocycles. The van der Waals surface area contributed by atoms with Crippen LogP contribution in [0.5, 0.6) is 0 Å². The average Bonchev–Trinajstić information content (AvgIpc) is 3.02. The number of aromatic nitrogens is 1. The Hall–Kier alpha value is -2.07. The molecule has 0 aliphatic heterocycles. The first-order chi connectivity index (χ1) is 7.71. The highest BCUT2D eigenvalue weighted by Gasteiger charge is 2.42. The van der Waals surface area contributed by atoms with Crippen molar-refractivity contribution >= 4 is 0 Å². The van der Waals surface area contributed by atoms with E-state index in [-0.39, 0.29) is 16.5 Å². The molecule has 4 nitrogen and oxygen atoms in total. The van der Waals surface area contributed by atoms with E-state index < -0.39 is 0 Å². The zero-order valence-electron chi connectivity index (χ0n) is 8.81. The smallest absolute Gasteiger partial charge is 0.268 e. The summed E-state index contributed by atoms with van der Waals surface area (Å²) in [6.07, 6.45) is 4.14. The predicted molar refractivity (Wildman–Crippen MR) is 57.3 cm³/mol. The molecule has 0 radical (unpaired) electrons. The topological polar surface area (TPSA) is 69.6 Å². The molecule has 0 spiro atoms. The Balaban J connectivity index is 2.27. The summed E-state index contributed by atoms with van der Waals surface area (Å²) in [5.41, 5.74) is -0.114. The van der Waals surface area contributed by atoms with Crippen molar-refractivity contribution in [2.24, 2.45) is 5.41 Å². The van der Waals surface area contributed by atoms with Crippen molar-refractivity contribution in [3.63, 3.8) is 0 Å². The van der Waals surface area contributed by atoms with Crippen LogP contribution in [0.15, 0.2) is 23.1 Å². The molecule has 0 aromatic carbocycles. The number of nitrogens with zero attached hydrogens (tertiary/aromatic N) is 3. The summed E-state index contributed by atoms with van der Waals surface area (Å²) in [5.74, 6) is 0. The molecule has 1 fully saturated rings. The van der Waals surface area contributed by atoms with Gasteiger partial charge >= 0.3 is 0 Å². The average molecular weight is 213 g/mol. The standard InChI is InChI=1S/C12H11N3O/c13-6-5-12(3-4-12)9-15-7-1-2-10(8-14)11(15)16/h1-2,7H,3-5,9H2. The van der Waals surface area contributed by atoms with Crippen LogP contribution >= 0.6 is 0 Å². The largest absolute Gasteiger partial charge is 0.314 e. The van der Waals surface area contributed by atoms with E-state index in [1.54, 1.807) is 16.8 Å². The van der Waals surface area contributed by atoms with Gasteiger partial charge in [-0.1, -0.05) is 0 Å². The number of hydrogen-bond acceptors (Lipinski definition) is 3. The van der Waals surface area contributed by atoms with Crippen LogP contribution in [-0.4, -0.2) is 4.57 Å². The van der Waals surface area contributed by atoms with Gasteiger partial charge in [0.2, 0.25) is 0 Å². The van der Waals surface area contributed by atoms with E-state index in [1.165, 1.54) is 6.07 Å². The Bertz CT molecular complexity index is 541. The first-order valence-electron chi connectivity index (χ1n) is 5.17. The highest BCUT2D eigenvalue weighted by Crippen LogP contribution is 2.49. The molecule has 0 unspecified atom stereocenters. The number of pyridine rings is 1. The second-order valence-corrected chi connectivity index (χ2v) is 4.30. The van der Waals surface area contributed by atoms with E-state index in [0.717, 1.165) is 12.8 Å². The second-order valence-electron chi connectivity index (χ2n) is 4.30. The van der Waals surface area contributed by atoms with Gasteiger partial charge in [0.05, 0.1) is 6.07 Å². The monoisotopic (exact) mass is 213 g/mol. The lowest BCUT2D eigenvalue weighted by Gasteiger charge is -2.12. The van der Waals surface area contributed by atoms with Crippen LogP contribution in [0.4, 0.5) is 0 Å². The summed E-state index contributed by atoms with van der Waals surface area (Å²) in [6, 6.07) is 7.25. The van der Waals surface area contributed by atoms with Crippen LogP contribution in [0.25, 0.3) is 0 Å². The molecular formula is C12H11N3O. The molecule has 2 rings (SSSR count). The quantitative estimate of drug-likeness (QED) is 0.762. The van der Waals surface area contributed by atoms with E-state index in [1.807, 2.05) is 6.07 Å². The Morgan fingerprint density at radius 1 is 1.44 bits per heavy atom. The maximum atomic E-state index is 11.8. The summed E-state index contributed by atoms with van der Waals surface area (Å²) in [6.45, 7) is 0.551. The van der Waals surface area contributed by atoms with E-state index in [2.05, 4.69) is 6.07 Å². The summed E-state index contributed by atoms with van der Waals surface area (Å²) < 4.78 is 1.54. The molecule has 1 saturated carbocycles. The van der Waals surface area contributed by atoms with Crippen LogP contribution in [0.3, 0.4) is 0 Å². The fourth-order valence-electron chi connectivity index (χ4n) is 1.84. The molecule has 0 bridgehead atoms. The Morgan fingerprint density at radius 2 is 2.19 bits per heavy atom. The molecule has 16 heavy (non-hydrogen) atoms. The van der Waals surface area contributed by atoms with Crippen molar-refractivity contribution in [2.75, 3.05) is 0 Å². The number of rotatable bonds is 3. The lowest BCUT2D eigenvalue weighted by atomic mass is 10.0. The van der Waals surface area contributed by atoms with Crippen molar-refractivity contribution in [3.8, 4) is 12.1 Å². The van der Waals surface area contributed by atoms with Gasteiger partial charge in [0.15, 0.2) is 0 Å². The molecule has 0 amide bonds. The predicted octanol–water partition coefficient (Wildman–Crippen LogP) is 1.41. The fraction of sp³-hybridized carbons (Fsp3) is 0.417. The Morgan fingerprint density at radius 3 is 2.75 bits per heavy atom. The number of hydrogen-bond donors (Lipinski definition) is 0. The fourth-order valence-corrected chi connectivity index (χ4v) is 1.84. The summed E-state index contributed by atoms with van der Waals surface area (Å²) in [7, 11) is 0. The summed E-state index contributed by atoms with van der Waals surface area (Å²) >= 11 is 0. The van der Waals surface area contributed by atoms with Crippen LogP contribution in [-0.2, 0) is 6.54 Å². The highest BCUT2D eigenvalue weighted by atomic mass is 16.1. The van der Waals surface area contributed by atoms with Gasteiger partial charge in [0.1, 0.15) is 11.6 Å². The maximum absolute atomic E-state index is 11.8. The first-order valence-corrected chi connectivity index (χ1v) is 5.17. The SMILES string of the molecule is N#CCC1(Cn2cccc(C#N)c2=O)CC1. The zero-order chi connectivity index (χ0) is 11.6. The molecule has 1 aromatic heterocycles. The summed E-state index contributed by atoms with van der Waals surface area (Å²) in [5, 5.41) is 17.4. The normalized spacial score (nSPS) is 16.1. The Kier molecular flexibility index (Phi) is 2.50. The molecule has 1 aliphatic rings. The van der Waals surface area contributed by atoms with Gasteiger partial charge in [-0.15, -0.1) is 0 Å². The van der Waals surface area contributed by atoms with E-state index in [0.29, 0.717) is 13.0 Å². The third-order valence-electron chi connectivity index (χ3n) is 3.06. The molecule has 1 heterocycles. The molecule has 1 aliphatic carbocycles. The minimum absolute atomic E-state index is 0.0212. The van der Waals surface area contributed by atoms with E-state index >= 15 is 0 Å². The van der Waals surface area contributed by atoms with Gasteiger partial charge in [-0.25, -0.2) is 0 Å². The van der Waals surface area contributed by atoms with Crippen molar-refractivity contribution in [3.05, 3.63) is 34.2 Å². The van der Waals surface area contributed by atoms with Crippen LogP contribution in [0.1, 0.15) is 24.8 Å². The third kappa shape index (κ3) is 1.83. The van der Waals surface area contributed by atoms with Crippen molar-refractivity contribution in [2.45, 2.75) is 25.8 Å². The molecule has 80 valence electrons. The van der Waals surface area contributed by atoms with Crippen LogP contribution in [0, 0.1) is 28.1 Å². The minimum atomic E-state index is -0.255. The van der Waals surface area contributed by atoms with Crippen molar-refractivity contribution in [1.82, 2.24) is 4.57 Å². The van der Waals surface area contributed by atoms with Crippen molar-refractivity contribution in [1.29, 1.82) is 10.5 Å². The van der Waals surface area contributed by atoms with Crippen LogP contribution in [0.2, 0.25) is 0 Å². The zero-order valence-corrected chi connectivity index (χ0v) is 8.81. The minimum Gasteiger partial charge on any atom is -0.314 e. The maximum Gasteiger partial charge on any atom is 0.268 e. The first kappa shape index (κ1) is 10.4. The van der Waals surface area contributed by atoms with Gasteiger partial charge in [-0.2, -0.15) is 10.5 Å². The molecule has 4 heteroatoms. The molecule has 1 aromatic rings. The van der Waals surface area contributed by atoms with Gasteiger partial charge < -0.3 is 4.57 Å². The highest BCUT2D eigenvalue weighted by molar-refractivity contribution is 5.25. The Labute approximate surface area is 93.4 Å². The molecule has 0 N–H and O–H groups in total. The van der Waals surface area contributed by atoms with E-state index in [4.69, 9.17) is 10.5 Å². The third-order valence-corrected chi connectivity index (χ3v) is 3.06. The van der Waals surface area contributed by atoms with Gasteiger partial charge in [0, 0.05) is 24.6 Å². The molecular weight excluding hydrogens is 202 g/mol.